The number of rotatable bonds is 7. The van der Waals surface area contributed by atoms with E-state index in [2.05, 4.69) is 15.6 Å². The van der Waals surface area contributed by atoms with E-state index in [1.165, 1.54) is 25.0 Å². The van der Waals surface area contributed by atoms with Crippen LogP contribution in [0.1, 0.15) is 24.0 Å². The van der Waals surface area contributed by atoms with Crippen molar-refractivity contribution in [2.45, 2.75) is 26.0 Å². The van der Waals surface area contributed by atoms with E-state index in [1.807, 2.05) is 30.3 Å². The molecule has 4 nitrogen and oxygen atoms in total. The van der Waals surface area contributed by atoms with Crippen LogP contribution in [0, 0.1) is 11.7 Å². The minimum atomic E-state index is -0.244. The van der Waals surface area contributed by atoms with Crippen LogP contribution in [0.3, 0.4) is 0 Å². The Hall–Kier alpha value is -2.56. The van der Waals surface area contributed by atoms with Crippen molar-refractivity contribution in [2.24, 2.45) is 10.9 Å². The van der Waals surface area contributed by atoms with Gasteiger partial charge in [0.15, 0.2) is 5.96 Å². The second kappa shape index (κ2) is 8.51. The number of ether oxygens (including phenoxy) is 1. The Bertz CT molecular complexity index is 711. The number of halogens is 1. The standard InChI is InChI=1S/C20H24FN3O/c1-22-20(23-12-15-5-6-15)24-13-16-7-9-19(10-8-16)25-14-17-3-2-4-18(21)11-17/h2-4,7-11,15H,5-6,12-14H2,1H3,(H2,22,23,24). The van der Waals surface area contributed by atoms with Gasteiger partial charge in [0, 0.05) is 20.1 Å². The van der Waals surface area contributed by atoms with Gasteiger partial charge in [0.1, 0.15) is 18.2 Å². The third kappa shape index (κ3) is 5.78. The van der Waals surface area contributed by atoms with Gasteiger partial charge in [-0.2, -0.15) is 0 Å². The predicted octanol–water partition coefficient (Wildman–Crippen LogP) is 3.48. The third-order valence-corrected chi connectivity index (χ3v) is 4.16. The van der Waals surface area contributed by atoms with Gasteiger partial charge in [-0.05, 0) is 54.2 Å². The third-order valence-electron chi connectivity index (χ3n) is 4.16. The van der Waals surface area contributed by atoms with E-state index in [1.54, 1.807) is 13.1 Å². The summed E-state index contributed by atoms with van der Waals surface area (Å²) in [6, 6.07) is 14.3. The largest absolute Gasteiger partial charge is 0.489 e. The fourth-order valence-corrected chi connectivity index (χ4v) is 2.47. The van der Waals surface area contributed by atoms with Crippen LogP contribution in [0.5, 0.6) is 5.75 Å². The lowest BCUT2D eigenvalue weighted by atomic mass is 10.2. The van der Waals surface area contributed by atoms with Crippen molar-refractivity contribution in [3.05, 3.63) is 65.5 Å². The minimum Gasteiger partial charge on any atom is -0.489 e. The minimum absolute atomic E-state index is 0.244. The van der Waals surface area contributed by atoms with Gasteiger partial charge in [-0.25, -0.2) is 4.39 Å². The summed E-state index contributed by atoms with van der Waals surface area (Å²) in [6.07, 6.45) is 2.64. The summed E-state index contributed by atoms with van der Waals surface area (Å²) in [6.45, 7) is 2.05. The molecule has 0 radical (unpaired) electrons. The molecular formula is C20H24FN3O. The molecule has 0 aliphatic heterocycles. The van der Waals surface area contributed by atoms with Gasteiger partial charge in [-0.15, -0.1) is 0 Å². The molecule has 0 amide bonds. The Morgan fingerprint density at radius 2 is 1.92 bits per heavy atom. The van der Waals surface area contributed by atoms with Crippen LogP contribution >= 0.6 is 0 Å². The first-order chi connectivity index (χ1) is 12.2. The van der Waals surface area contributed by atoms with Crippen LogP contribution in [0.4, 0.5) is 4.39 Å². The fraction of sp³-hybridized carbons (Fsp3) is 0.350. The van der Waals surface area contributed by atoms with Crippen molar-refractivity contribution in [3.63, 3.8) is 0 Å². The number of hydrogen-bond acceptors (Lipinski definition) is 2. The van der Waals surface area contributed by atoms with E-state index in [0.29, 0.717) is 13.2 Å². The van der Waals surface area contributed by atoms with Crippen molar-refractivity contribution in [3.8, 4) is 5.75 Å². The topological polar surface area (TPSA) is 45.7 Å². The van der Waals surface area contributed by atoms with Crippen molar-refractivity contribution in [1.82, 2.24) is 10.6 Å². The summed E-state index contributed by atoms with van der Waals surface area (Å²) in [4.78, 5) is 4.23. The Morgan fingerprint density at radius 1 is 1.12 bits per heavy atom. The molecule has 0 heterocycles. The SMILES string of the molecule is CN=C(NCc1ccc(OCc2cccc(F)c2)cc1)NCC1CC1. The molecule has 1 saturated carbocycles. The second-order valence-electron chi connectivity index (χ2n) is 6.31. The second-order valence-corrected chi connectivity index (χ2v) is 6.31. The summed E-state index contributed by atoms with van der Waals surface area (Å²) in [5.74, 6) is 2.17. The summed E-state index contributed by atoms with van der Waals surface area (Å²) in [5, 5.41) is 6.65. The zero-order chi connectivity index (χ0) is 17.5. The first-order valence-electron chi connectivity index (χ1n) is 8.63. The average Bonchev–Trinajstić information content (AvgIpc) is 3.45. The van der Waals surface area contributed by atoms with E-state index in [4.69, 9.17) is 4.74 Å². The zero-order valence-electron chi connectivity index (χ0n) is 14.5. The molecule has 0 unspecified atom stereocenters. The Kier molecular flexibility index (Phi) is 5.88. The first kappa shape index (κ1) is 17.3. The van der Waals surface area contributed by atoms with Crippen molar-refractivity contribution in [1.29, 1.82) is 0 Å². The number of nitrogens with zero attached hydrogens (tertiary/aromatic N) is 1. The predicted molar refractivity (Wildman–Crippen MR) is 98.1 cm³/mol. The molecule has 0 atom stereocenters. The van der Waals surface area contributed by atoms with Crippen LogP contribution in [-0.2, 0) is 13.2 Å². The normalized spacial score (nSPS) is 14.2. The van der Waals surface area contributed by atoms with Crippen molar-refractivity contribution >= 4 is 5.96 Å². The molecule has 0 saturated heterocycles. The molecule has 1 fully saturated rings. The molecule has 2 aromatic carbocycles. The van der Waals surface area contributed by atoms with Gasteiger partial charge in [0.2, 0.25) is 0 Å². The molecule has 2 aromatic rings. The van der Waals surface area contributed by atoms with Gasteiger partial charge >= 0.3 is 0 Å². The lowest BCUT2D eigenvalue weighted by Crippen LogP contribution is -2.37. The van der Waals surface area contributed by atoms with Crippen LogP contribution in [0.2, 0.25) is 0 Å². The van der Waals surface area contributed by atoms with E-state index in [-0.39, 0.29) is 5.82 Å². The summed E-state index contributed by atoms with van der Waals surface area (Å²) < 4.78 is 18.8. The van der Waals surface area contributed by atoms with E-state index in [0.717, 1.165) is 35.3 Å². The van der Waals surface area contributed by atoms with E-state index in [9.17, 15) is 4.39 Å². The molecule has 2 N–H and O–H groups in total. The molecule has 25 heavy (non-hydrogen) atoms. The van der Waals surface area contributed by atoms with Gasteiger partial charge in [0.25, 0.3) is 0 Å². The smallest absolute Gasteiger partial charge is 0.191 e. The highest BCUT2D eigenvalue weighted by Gasteiger charge is 2.20. The highest BCUT2D eigenvalue weighted by molar-refractivity contribution is 5.79. The molecule has 132 valence electrons. The summed E-state index contributed by atoms with van der Waals surface area (Å²) in [5.41, 5.74) is 1.96. The number of guanidine groups is 1. The molecule has 3 rings (SSSR count). The van der Waals surface area contributed by atoms with Crippen LogP contribution in [0.25, 0.3) is 0 Å². The van der Waals surface area contributed by atoms with E-state index >= 15 is 0 Å². The Labute approximate surface area is 148 Å². The molecule has 1 aliphatic carbocycles. The molecule has 0 bridgehead atoms. The maximum atomic E-state index is 13.2. The average molecular weight is 341 g/mol. The monoisotopic (exact) mass is 341 g/mol. The number of nitrogens with one attached hydrogen (secondary N) is 2. The highest BCUT2D eigenvalue weighted by atomic mass is 19.1. The van der Waals surface area contributed by atoms with Crippen molar-refractivity contribution < 1.29 is 9.13 Å². The van der Waals surface area contributed by atoms with Crippen LogP contribution < -0.4 is 15.4 Å². The first-order valence-corrected chi connectivity index (χ1v) is 8.63. The summed E-state index contributed by atoms with van der Waals surface area (Å²) >= 11 is 0. The molecular weight excluding hydrogens is 317 g/mol. The Balaban J connectivity index is 1.44. The molecule has 0 aromatic heterocycles. The summed E-state index contributed by atoms with van der Waals surface area (Å²) in [7, 11) is 1.78. The number of benzene rings is 2. The lowest BCUT2D eigenvalue weighted by molar-refractivity contribution is 0.305. The Morgan fingerprint density at radius 3 is 2.60 bits per heavy atom. The maximum Gasteiger partial charge on any atom is 0.191 e. The van der Waals surface area contributed by atoms with Gasteiger partial charge in [-0.1, -0.05) is 24.3 Å². The van der Waals surface area contributed by atoms with Gasteiger partial charge in [0.05, 0.1) is 0 Å². The fourth-order valence-electron chi connectivity index (χ4n) is 2.47. The van der Waals surface area contributed by atoms with Gasteiger partial charge < -0.3 is 15.4 Å². The van der Waals surface area contributed by atoms with Crippen LogP contribution in [0.15, 0.2) is 53.5 Å². The molecule has 5 heteroatoms. The van der Waals surface area contributed by atoms with Gasteiger partial charge in [-0.3, -0.25) is 4.99 Å². The molecule has 0 spiro atoms. The van der Waals surface area contributed by atoms with Crippen molar-refractivity contribution in [2.75, 3.05) is 13.6 Å². The molecule has 1 aliphatic rings. The lowest BCUT2D eigenvalue weighted by Gasteiger charge is -2.12. The number of aliphatic imine (C=N–C) groups is 1. The zero-order valence-corrected chi connectivity index (χ0v) is 14.5. The van der Waals surface area contributed by atoms with E-state index < -0.39 is 0 Å². The van der Waals surface area contributed by atoms with Crippen LogP contribution in [-0.4, -0.2) is 19.6 Å². The maximum absolute atomic E-state index is 13.2. The number of hydrogen-bond donors (Lipinski definition) is 2. The highest BCUT2D eigenvalue weighted by Crippen LogP contribution is 2.27. The quantitative estimate of drug-likeness (QED) is 0.599.